The first-order valence-corrected chi connectivity index (χ1v) is 8.44. The summed E-state index contributed by atoms with van der Waals surface area (Å²) in [5.41, 5.74) is 0.824. The third-order valence-electron chi connectivity index (χ3n) is 3.75. The number of hydrogen-bond acceptors (Lipinski definition) is 3. The van der Waals surface area contributed by atoms with Gasteiger partial charge >= 0.3 is 0 Å². The summed E-state index contributed by atoms with van der Waals surface area (Å²) >= 11 is 0. The van der Waals surface area contributed by atoms with E-state index >= 15 is 0 Å². The van der Waals surface area contributed by atoms with E-state index in [2.05, 4.69) is 17.0 Å². The highest BCUT2D eigenvalue weighted by Crippen LogP contribution is 2.17. The quantitative estimate of drug-likeness (QED) is 0.857. The fourth-order valence-electron chi connectivity index (χ4n) is 2.41. The lowest BCUT2D eigenvalue weighted by Crippen LogP contribution is -2.42. The molecule has 19 heavy (non-hydrogen) atoms. The summed E-state index contributed by atoms with van der Waals surface area (Å²) in [6, 6.07) is 9.28. The third-order valence-corrected chi connectivity index (χ3v) is 5.07. The van der Waals surface area contributed by atoms with Gasteiger partial charge in [-0.3, -0.25) is 0 Å². The summed E-state index contributed by atoms with van der Waals surface area (Å²) in [7, 11) is -3.24. The van der Waals surface area contributed by atoms with E-state index in [1.54, 1.807) is 0 Å². The normalized spacial score (nSPS) is 24.3. The SMILES string of the molecule is CC1CCNCC1CNS(=O)(=O)Cc1ccccc1. The minimum absolute atomic E-state index is 0.0579. The fraction of sp³-hybridized carbons (Fsp3) is 0.571. The number of piperidine rings is 1. The van der Waals surface area contributed by atoms with Crippen LogP contribution in [-0.4, -0.2) is 28.1 Å². The van der Waals surface area contributed by atoms with Crippen molar-refractivity contribution in [2.75, 3.05) is 19.6 Å². The van der Waals surface area contributed by atoms with Crippen LogP contribution < -0.4 is 10.0 Å². The maximum Gasteiger partial charge on any atom is 0.215 e. The maximum absolute atomic E-state index is 12.0. The van der Waals surface area contributed by atoms with E-state index in [4.69, 9.17) is 0 Å². The molecule has 1 saturated heterocycles. The summed E-state index contributed by atoms with van der Waals surface area (Å²) < 4.78 is 26.8. The number of sulfonamides is 1. The highest BCUT2D eigenvalue weighted by atomic mass is 32.2. The molecule has 1 aliphatic rings. The summed E-state index contributed by atoms with van der Waals surface area (Å²) in [4.78, 5) is 0. The first-order valence-electron chi connectivity index (χ1n) is 6.79. The van der Waals surface area contributed by atoms with Crippen molar-refractivity contribution in [1.82, 2.24) is 10.0 Å². The zero-order chi connectivity index (χ0) is 13.7. The molecule has 0 bridgehead atoms. The molecule has 0 saturated carbocycles. The van der Waals surface area contributed by atoms with E-state index < -0.39 is 10.0 Å². The summed E-state index contributed by atoms with van der Waals surface area (Å²) in [5, 5.41) is 3.32. The van der Waals surface area contributed by atoms with E-state index in [1.807, 2.05) is 30.3 Å². The van der Waals surface area contributed by atoms with Crippen molar-refractivity contribution in [2.24, 2.45) is 11.8 Å². The molecule has 1 aromatic carbocycles. The number of hydrogen-bond donors (Lipinski definition) is 2. The van der Waals surface area contributed by atoms with Gasteiger partial charge in [-0.15, -0.1) is 0 Å². The molecule has 2 unspecified atom stereocenters. The Morgan fingerprint density at radius 2 is 2.05 bits per heavy atom. The molecule has 1 heterocycles. The van der Waals surface area contributed by atoms with E-state index in [0.29, 0.717) is 18.4 Å². The molecule has 0 spiro atoms. The fourth-order valence-corrected chi connectivity index (χ4v) is 3.61. The first-order chi connectivity index (χ1) is 9.07. The van der Waals surface area contributed by atoms with Crippen molar-refractivity contribution in [3.63, 3.8) is 0 Å². The van der Waals surface area contributed by atoms with Crippen LogP contribution in [0.15, 0.2) is 30.3 Å². The zero-order valence-corrected chi connectivity index (χ0v) is 12.1. The molecule has 0 radical (unpaired) electrons. The maximum atomic E-state index is 12.0. The molecular weight excluding hydrogens is 260 g/mol. The van der Waals surface area contributed by atoms with E-state index in [-0.39, 0.29) is 5.75 Å². The summed E-state index contributed by atoms with van der Waals surface area (Å²) in [6.07, 6.45) is 1.12. The van der Waals surface area contributed by atoms with Crippen LogP contribution in [0.25, 0.3) is 0 Å². The largest absolute Gasteiger partial charge is 0.316 e. The van der Waals surface area contributed by atoms with Gasteiger partial charge in [-0.1, -0.05) is 37.3 Å². The lowest BCUT2D eigenvalue weighted by molar-refractivity contribution is 0.275. The van der Waals surface area contributed by atoms with Crippen LogP contribution in [-0.2, 0) is 15.8 Å². The van der Waals surface area contributed by atoms with Crippen LogP contribution in [0.1, 0.15) is 18.9 Å². The second-order valence-electron chi connectivity index (χ2n) is 5.32. The molecule has 0 amide bonds. The number of benzene rings is 1. The van der Waals surface area contributed by atoms with Gasteiger partial charge in [0, 0.05) is 6.54 Å². The van der Waals surface area contributed by atoms with Gasteiger partial charge in [-0.2, -0.15) is 0 Å². The predicted molar refractivity (Wildman–Crippen MR) is 77.2 cm³/mol. The first kappa shape index (κ1) is 14.5. The van der Waals surface area contributed by atoms with Gasteiger partial charge in [0.15, 0.2) is 0 Å². The smallest absolute Gasteiger partial charge is 0.215 e. The second-order valence-corrected chi connectivity index (χ2v) is 7.13. The predicted octanol–water partition coefficient (Wildman–Crippen LogP) is 1.35. The van der Waals surface area contributed by atoms with Gasteiger partial charge in [0.1, 0.15) is 0 Å². The number of nitrogens with one attached hydrogen (secondary N) is 2. The van der Waals surface area contributed by atoms with Crippen molar-refractivity contribution in [3.8, 4) is 0 Å². The standard InChI is InChI=1S/C14H22N2O2S/c1-12-7-8-15-9-14(12)10-16-19(17,18)11-13-5-3-2-4-6-13/h2-6,12,14-16H,7-11H2,1H3. The Balaban J connectivity index is 1.87. The topological polar surface area (TPSA) is 58.2 Å². The van der Waals surface area contributed by atoms with Crippen molar-refractivity contribution < 1.29 is 8.42 Å². The molecule has 2 atom stereocenters. The van der Waals surface area contributed by atoms with Gasteiger partial charge in [0.05, 0.1) is 5.75 Å². The highest BCUT2D eigenvalue weighted by Gasteiger charge is 2.22. The van der Waals surface area contributed by atoms with E-state index in [0.717, 1.165) is 25.1 Å². The summed E-state index contributed by atoms with van der Waals surface area (Å²) in [5.74, 6) is 1.02. The molecule has 4 nitrogen and oxygen atoms in total. The van der Waals surface area contributed by atoms with E-state index in [1.165, 1.54) is 0 Å². The third kappa shape index (κ3) is 4.60. The minimum Gasteiger partial charge on any atom is -0.316 e. The van der Waals surface area contributed by atoms with Gasteiger partial charge in [0.25, 0.3) is 0 Å². The van der Waals surface area contributed by atoms with Crippen molar-refractivity contribution in [1.29, 1.82) is 0 Å². The zero-order valence-electron chi connectivity index (χ0n) is 11.3. The summed E-state index contributed by atoms with van der Waals surface area (Å²) in [6.45, 7) is 4.66. The van der Waals surface area contributed by atoms with E-state index in [9.17, 15) is 8.42 Å². The average Bonchev–Trinajstić information content (AvgIpc) is 2.38. The van der Waals surface area contributed by atoms with Crippen LogP contribution in [0.5, 0.6) is 0 Å². The van der Waals surface area contributed by atoms with Crippen LogP contribution in [0.3, 0.4) is 0 Å². The Labute approximate surface area is 115 Å². The molecule has 1 fully saturated rings. The van der Waals surface area contributed by atoms with Gasteiger partial charge in [-0.25, -0.2) is 13.1 Å². The molecule has 1 aliphatic heterocycles. The van der Waals surface area contributed by atoms with Crippen LogP contribution in [0, 0.1) is 11.8 Å². The molecular formula is C14H22N2O2S. The Morgan fingerprint density at radius 1 is 1.32 bits per heavy atom. The van der Waals surface area contributed by atoms with Crippen LogP contribution in [0.2, 0.25) is 0 Å². The van der Waals surface area contributed by atoms with Crippen LogP contribution >= 0.6 is 0 Å². The molecule has 2 rings (SSSR count). The molecule has 0 aliphatic carbocycles. The highest BCUT2D eigenvalue weighted by molar-refractivity contribution is 7.88. The molecule has 0 aromatic heterocycles. The van der Waals surface area contributed by atoms with Crippen LogP contribution in [0.4, 0.5) is 0 Å². The molecule has 1 aromatic rings. The Bertz CT molecular complexity index is 487. The van der Waals surface area contributed by atoms with Gasteiger partial charge in [-0.05, 0) is 36.9 Å². The Kier molecular flexibility index (Phi) is 4.96. The molecule has 2 N–H and O–H groups in total. The molecule has 106 valence electrons. The minimum atomic E-state index is -3.24. The van der Waals surface area contributed by atoms with Gasteiger partial charge in [0.2, 0.25) is 10.0 Å². The van der Waals surface area contributed by atoms with Crippen molar-refractivity contribution >= 4 is 10.0 Å². The monoisotopic (exact) mass is 282 g/mol. The lowest BCUT2D eigenvalue weighted by Gasteiger charge is -2.29. The number of rotatable bonds is 5. The Morgan fingerprint density at radius 3 is 2.74 bits per heavy atom. The molecule has 5 heteroatoms. The van der Waals surface area contributed by atoms with Crippen molar-refractivity contribution in [3.05, 3.63) is 35.9 Å². The Hall–Kier alpha value is -0.910. The second kappa shape index (κ2) is 6.50. The van der Waals surface area contributed by atoms with Gasteiger partial charge < -0.3 is 5.32 Å². The van der Waals surface area contributed by atoms with Crippen molar-refractivity contribution in [2.45, 2.75) is 19.1 Å². The lowest BCUT2D eigenvalue weighted by atomic mass is 9.88. The average molecular weight is 282 g/mol.